The number of tetrazole rings is 1. The first-order valence-corrected chi connectivity index (χ1v) is 9.98. The largest absolute Gasteiger partial charge is 0.264 e. The Morgan fingerprint density at radius 1 is 1.03 bits per heavy atom. The zero-order valence-corrected chi connectivity index (χ0v) is 16.7. The summed E-state index contributed by atoms with van der Waals surface area (Å²) < 4.78 is 2.06. The summed E-state index contributed by atoms with van der Waals surface area (Å²) in [6, 6.07) is 10.5. The lowest BCUT2D eigenvalue weighted by Crippen LogP contribution is -2.06. The summed E-state index contributed by atoms with van der Waals surface area (Å²) in [6.45, 7) is 5.20. The van der Waals surface area contributed by atoms with Gasteiger partial charge in [-0.1, -0.05) is 44.5 Å². The van der Waals surface area contributed by atoms with Crippen LogP contribution in [0.25, 0.3) is 22.5 Å². The normalized spacial score (nSPS) is 11.1. The fourth-order valence-electron chi connectivity index (χ4n) is 3.29. The zero-order valence-electron chi connectivity index (χ0n) is 16.7. The van der Waals surface area contributed by atoms with E-state index in [1.165, 1.54) is 5.56 Å². The predicted octanol–water partition coefficient (Wildman–Crippen LogP) is 3.47. The van der Waals surface area contributed by atoms with Gasteiger partial charge in [0.15, 0.2) is 11.6 Å². The molecule has 4 aromatic rings. The van der Waals surface area contributed by atoms with Gasteiger partial charge >= 0.3 is 0 Å². The van der Waals surface area contributed by atoms with E-state index in [9.17, 15) is 0 Å². The predicted molar refractivity (Wildman–Crippen MR) is 110 cm³/mol. The highest BCUT2D eigenvalue weighted by molar-refractivity contribution is 5.79. The topological polar surface area (TPSA) is 98.1 Å². The van der Waals surface area contributed by atoms with Gasteiger partial charge in [-0.3, -0.25) is 4.98 Å². The van der Waals surface area contributed by atoms with Crippen molar-refractivity contribution in [3.8, 4) is 22.5 Å². The highest BCUT2D eigenvalue weighted by Crippen LogP contribution is 2.29. The molecule has 0 fully saturated rings. The molecule has 0 aliphatic carbocycles. The average molecular weight is 388 g/mol. The van der Waals surface area contributed by atoms with Gasteiger partial charge < -0.3 is 0 Å². The second-order valence-corrected chi connectivity index (χ2v) is 6.92. The van der Waals surface area contributed by atoms with Gasteiger partial charge in [0.1, 0.15) is 5.82 Å². The number of aromatic amines is 1. The van der Waals surface area contributed by atoms with E-state index in [2.05, 4.69) is 73.5 Å². The van der Waals surface area contributed by atoms with Crippen LogP contribution < -0.4 is 0 Å². The number of benzene rings is 1. The molecule has 148 valence electrons. The number of hydrogen-bond acceptors (Lipinski definition) is 6. The van der Waals surface area contributed by atoms with Gasteiger partial charge in [-0.2, -0.15) is 5.10 Å². The van der Waals surface area contributed by atoms with E-state index in [1.54, 1.807) is 12.4 Å². The Bertz CT molecular complexity index is 1050. The van der Waals surface area contributed by atoms with E-state index < -0.39 is 0 Å². The molecular weight excluding hydrogens is 364 g/mol. The van der Waals surface area contributed by atoms with Crippen LogP contribution >= 0.6 is 0 Å². The lowest BCUT2D eigenvalue weighted by molar-refractivity contribution is 0.546. The summed E-state index contributed by atoms with van der Waals surface area (Å²) in [7, 11) is 0. The SMILES string of the molecule is CCCCn1nc(CC)nc1Cc1ccc(-c2ccncc2-c2nnn[nH]2)cc1. The molecule has 1 aromatic carbocycles. The Morgan fingerprint density at radius 3 is 2.62 bits per heavy atom. The van der Waals surface area contributed by atoms with Gasteiger partial charge in [0.05, 0.1) is 0 Å². The van der Waals surface area contributed by atoms with Crippen LogP contribution in [0.15, 0.2) is 42.7 Å². The van der Waals surface area contributed by atoms with Crippen molar-refractivity contribution in [3.63, 3.8) is 0 Å². The van der Waals surface area contributed by atoms with Gasteiger partial charge in [-0.25, -0.2) is 14.8 Å². The molecule has 0 saturated heterocycles. The van der Waals surface area contributed by atoms with Crippen molar-refractivity contribution < 1.29 is 0 Å². The number of rotatable bonds is 8. The molecule has 0 unspecified atom stereocenters. The third-order valence-corrected chi connectivity index (χ3v) is 4.88. The molecule has 0 amide bonds. The maximum absolute atomic E-state index is 4.72. The average Bonchev–Trinajstić information content (AvgIpc) is 3.43. The summed E-state index contributed by atoms with van der Waals surface area (Å²) >= 11 is 0. The Hall–Kier alpha value is -3.42. The standard InChI is InChI=1S/C21H24N8/c1-3-5-12-29-20(23-19(4-2)26-29)13-15-6-8-16(9-7-15)17-10-11-22-14-18(17)21-24-27-28-25-21/h6-11,14H,3-5,12-13H2,1-2H3,(H,24,25,27,28). The Labute approximate surface area is 169 Å². The van der Waals surface area contributed by atoms with Crippen LogP contribution in [0.3, 0.4) is 0 Å². The van der Waals surface area contributed by atoms with Crippen LogP contribution in [0.2, 0.25) is 0 Å². The second kappa shape index (κ2) is 8.72. The molecule has 4 rings (SSSR count). The molecule has 8 heteroatoms. The Kier molecular flexibility index (Phi) is 5.69. The van der Waals surface area contributed by atoms with Crippen molar-refractivity contribution >= 4 is 0 Å². The fraction of sp³-hybridized carbons (Fsp3) is 0.333. The minimum atomic E-state index is 0.605. The van der Waals surface area contributed by atoms with Crippen LogP contribution in [-0.4, -0.2) is 40.4 Å². The third-order valence-electron chi connectivity index (χ3n) is 4.88. The van der Waals surface area contributed by atoms with Gasteiger partial charge in [0.2, 0.25) is 0 Å². The van der Waals surface area contributed by atoms with E-state index in [0.717, 1.165) is 60.6 Å². The van der Waals surface area contributed by atoms with E-state index >= 15 is 0 Å². The molecule has 29 heavy (non-hydrogen) atoms. The summed E-state index contributed by atoms with van der Waals surface area (Å²) in [4.78, 5) is 8.93. The van der Waals surface area contributed by atoms with Crippen molar-refractivity contribution in [3.05, 3.63) is 59.9 Å². The minimum absolute atomic E-state index is 0.605. The van der Waals surface area contributed by atoms with E-state index in [0.29, 0.717) is 5.82 Å². The van der Waals surface area contributed by atoms with Crippen LogP contribution in [0, 0.1) is 0 Å². The highest BCUT2D eigenvalue weighted by atomic mass is 15.5. The summed E-state index contributed by atoms with van der Waals surface area (Å²) in [6.07, 6.45) is 7.43. The van der Waals surface area contributed by atoms with Crippen molar-refractivity contribution in [2.75, 3.05) is 0 Å². The van der Waals surface area contributed by atoms with Gasteiger partial charge in [0.25, 0.3) is 0 Å². The molecule has 0 aliphatic rings. The van der Waals surface area contributed by atoms with Crippen LogP contribution in [-0.2, 0) is 19.4 Å². The number of H-pyrrole nitrogens is 1. The van der Waals surface area contributed by atoms with E-state index in [-0.39, 0.29) is 0 Å². The number of pyridine rings is 1. The summed E-state index contributed by atoms with van der Waals surface area (Å²) in [5.74, 6) is 2.54. The maximum atomic E-state index is 4.72. The van der Waals surface area contributed by atoms with Crippen LogP contribution in [0.4, 0.5) is 0 Å². The number of aryl methyl sites for hydroxylation is 2. The lowest BCUT2D eigenvalue weighted by atomic mass is 9.99. The first kappa shape index (κ1) is 18.9. The van der Waals surface area contributed by atoms with Crippen molar-refractivity contribution in [2.45, 2.75) is 46.1 Å². The first-order valence-electron chi connectivity index (χ1n) is 9.98. The minimum Gasteiger partial charge on any atom is -0.264 e. The number of hydrogen-bond donors (Lipinski definition) is 1. The summed E-state index contributed by atoms with van der Waals surface area (Å²) in [5.41, 5.74) is 4.20. The molecule has 8 nitrogen and oxygen atoms in total. The smallest absolute Gasteiger partial charge is 0.181 e. The van der Waals surface area contributed by atoms with Gasteiger partial charge in [0, 0.05) is 37.3 Å². The quantitative estimate of drug-likeness (QED) is 0.496. The number of aromatic nitrogens is 8. The molecule has 0 atom stereocenters. The van der Waals surface area contributed by atoms with Gasteiger partial charge in [-0.15, -0.1) is 5.10 Å². The Morgan fingerprint density at radius 2 is 1.90 bits per heavy atom. The lowest BCUT2D eigenvalue weighted by Gasteiger charge is -2.08. The van der Waals surface area contributed by atoms with E-state index in [4.69, 9.17) is 4.98 Å². The molecule has 0 bridgehead atoms. The number of unbranched alkanes of at least 4 members (excludes halogenated alkanes) is 1. The fourth-order valence-corrected chi connectivity index (χ4v) is 3.29. The highest BCUT2D eigenvalue weighted by Gasteiger charge is 2.12. The van der Waals surface area contributed by atoms with Gasteiger partial charge in [-0.05, 0) is 39.6 Å². The van der Waals surface area contributed by atoms with Crippen molar-refractivity contribution in [1.82, 2.24) is 40.4 Å². The van der Waals surface area contributed by atoms with E-state index in [1.807, 2.05) is 6.07 Å². The van der Waals surface area contributed by atoms with Crippen molar-refractivity contribution in [2.24, 2.45) is 0 Å². The zero-order chi connectivity index (χ0) is 20.1. The van der Waals surface area contributed by atoms with Crippen LogP contribution in [0.5, 0.6) is 0 Å². The number of nitrogens with one attached hydrogen (secondary N) is 1. The molecule has 0 saturated carbocycles. The molecular formula is C21H24N8. The third kappa shape index (κ3) is 4.21. The molecule has 0 spiro atoms. The molecule has 0 aliphatic heterocycles. The number of nitrogens with zero attached hydrogens (tertiary/aromatic N) is 7. The molecule has 3 aromatic heterocycles. The summed E-state index contributed by atoms with van der Waals surface area (Å²) in [5, 5.41) is 18.8. The maximum Gasteiger partial charge on any atom is 0.181 e. The first-order chi connectivity index (χ1) is 14.3. The monoisotopic (exact) mass is 388 g/mol. The molecule has 0 radical (unpaired) electrons. The van der Waals surface area contributed by atoms with Crippen LogP contribution in [0.1, 0.15) is 43.9 Å². The molecule has 3 heterocycles. The van der Waals surface area contributed by atoms with Crippen molar-refractivity contribution in [1.29, 1.82) is 0 Å². The Balaban J connectivity index is 1.58. The molecule has 1 N–H and O–H groups in total. The second-order valence-electron chi connectivity index (χ2n) is 6.92.